The van der Waals surface area contributed by atoms with Crippen LogP contribution >= 0.6 is 0 Å². The van der Waals surface area contributed by atoms with Gasteiger partial charge in [-0.15, -0.1) is 0 Å². The second-order valence-electron chi connectivity index (χ2n) is 5.83. The third kappa shape index (κ3) is 4.80. The van der Waals surface area contributed by atoms with Gasteiger partial charge in [0, 0.05) is 19.1 Å². The van der Waals surface area contributed by atoms with Crippen molar-refractivity contribution in [2.24, 2.45) is 5.73 Å². The lowest BCUT2D eigenvalue weighted by Crippen LogP contribution is -2.34. The molecule has 0 amide bonds. The Hall–Kier alpha value is -1.06. The van der Waals surface area contributed by atoms with Gasteiger partial charge in [-0.25, -0.2) is 0 Å². The van der Waals surface area contributed by atoms with Crippen molar-refractivity contribution in [2.45, 2.75) is 51.1 Å². The molecule has 0 aliphatic heterocycles. The van der Waals surface area contributed by atoms with Gasteiger partial charge in [0.2, 0.25) is 0 Å². The number of ether oxygens (including phenoxy) is 1. The first-order valence-corrected chi connectivity index (χ1v) is 7.91. The SMILES string of the molecule is CN(CCCOc1cccc(CN)c1)C1CCCCC1. The van der Waals surface area contributed by atoms with Crippen LogP contribution in [0, 0.1) is 0 Å². The van der Waals surface area contributed by atoms with E-state index >= 15 is 0 Å². The fraction of sp³-hybridized carbons (Fsp3) is 0.647. The van der Waals surface area contributed by atoms with Gasteiger partial charge in [-0.3, -0.25) is 0 Å². The molecule has 1 aliphatic rings. The number of benzene rings is 1. The zero-order valence-electron chi connectivity index (χ0n) is 12.7. The summed E-state index contributed by atoms with van der Waals surface area (Å²) in [5.74, 6) is 0.938. The van der Waals surface area contributed by atoms with Crippen LogP contribution in [-0.4, -0.2) is 31.1 Å². The summed E-state index contributed by atoms with van der Waals surface area (Å²) >= 11 is 0. The van der Waals surface area contributed by atoms with Gasteiger partial charge in [-0.1, -0.05) is 31.4 Å². The predicted octanol–water partition coefficient (Wildman–Crippen LogP) is 3.18. The van der Waals surface area contributed by atoms with E-state index in [1.165, 1.54) is 32.1 Å². The minimum absolute atomic E-state index is 0.571. The molecule has 3 heteroatoms. The first-order chi connectivity index (χ1) is 9.79. The molecule has 1 aromatic carbocycles. The molecule has 0 unspecified atom stereocenters. The molecule has 1 aliphatic carbocycles. The zero-order chi connectivity index (χ0) is 14.2. The zero-order valence-corrected chi connectivity index (χ0v) is 12.7. The van der Waals surface area contributed by atoms with Crippen molar-refractivity contribution in [2.75, 3.05) is 20.2 Å². The van der Waals surface area contributed by atoms with Crippen molar-refractivity contribution in [1.82, 2.24) is 4.90 Å². The van der Waals surface area contributed by atoms with E-state index in [0.717, 1.165) is 36.9 Å². The minimum Gasteiger partial charge on any atom is -0.494 e. The highest BCUT2D eigenvalue weighted by molar-refractivity contribution is 5.28. The molecule has 0 bridgehead atoms. The maximum Gasteiger partial charge on any atom is 0.119 e. The normalized spacial score (nSPS) is 16.6. The third-order valence-electron chi connectivity index (χ3n) is 4.26. The number of hydrogen-bond acceptors (Lipinski definition) is 3. The average molecular weight is 276 g/mol. The van der Waals surface area contributed by atoms with Crippen LogP contribution < -0.4 is 10.5 Å². The molecular formula is C17H28N2O. The minimum atomic E-state index is 0.571. The predicted molar refractivity (Wildman–Crippen MR) is 83.9 cm³/mol. The van der Waals surface area contributed by atoms with E-state index in [1.807, 2.05) is 24.3 Å². The first-order valence-electron chi connectivity index (χ1n) is 7.91. The van der Waals surface area contributed by atoms with Crippen LogP contribution in [0.15, 0.2) is 24.3 Å². The Labute approximate surface area is 123 Å². The van der Waals surface area contributed by atoms with E-state index in [0.29, 0.717) is 6.54 Å². The summed E-state index contributed by atoms with van der Waals surface area (Å²) in [5.41, 5.74) is 6.76. The van der Waals surface area contributed by atoms with Gasteiger partial charge in [0.25, 0.3) is 0 Å². The fourth-order valence-electron chi connectivity index (χ4n) is 2.97. The molecule has 0 radical (unpaired) electrons. The number of nitrogens with two attached hydrogens (primary N) is 1. The van der Waals surface area contributed by atoms with Crippen molar-refractivity contribution in [1.29, 1.82) is 0 Å². The van der Waals surface area contributed by atoms with E-state index in [4.69, 9.17) is 10.5 Å². The van der Waals surface area contributed by atoms with Crippen LogP contribution in [0.4, 0.5) is 0 Å². The van der Waals surface area contributed by atoms with Crippen LogP contribution in [0.1, 0.15) is 44.1 Å². The van der Waals surface area contributed by atoms with Crippen LogP contribution in [0.25, 0.3) is 0 Å². The van der Waals surface area contributed by atoms with Gasteiger partial charge in [0.1, 0.15) is 5.75 Å². The summed E-state index contributed by atoms with van der Waals surface area (Å²) in [6.07, 6.45) is 8.05. The summed E-state index contributed by atoms with van der Waals surface area (Å²) in [5, 5.41) is 0. The molecule has 0 saturated heterocycles. The smallest absolute Gasteiger partial charge is 0.119 e. The van der Waals surface area contributed by atoms with Gasteiger partial charge in [-0.2, -0.15) is 0 Å². The third-order valence-corrected chi connectivity index (χ3v) is 4.26. The first kappa shape index (κ1) is 15.3. The Kier molecular flexibility index (Phi) is 6.34. The molecule has 0 spiro atoms. The van der Waals surface area contributed by atoms with Crippen LogP contribution in [0.3, 0.4) is 0 Å². The van der Waals surface area contributed by atoms with Crippen molar-refractivity contribution in [3.05, 3.63) is 29.8 Å². The summed E-state index contributed by atoms with van der Waals surface area (Å²) in [7, 11) is 2.25. The van der Waals surface area contributed by atoms with Gasteiger partial charge in [0.05, 0.1) is 6.61 Å². The lowest BCUT2D eigenvalue weighted by Gasteiger charge is -2.31. The van der Waals surface area contributed by atoms with Crippen LogP contribution in [-0.2, 0) is 6.54 Å². The van der Waals surface area contributed by atoms with Gasteiger partial charge >= 0.3 is 0 Å². The summed E-state index contributed by atoms with van der Waals surface area (Å²) in [4.78, 5) is 2.51. The maximum atomic E-state index is 5.80. The largest absolute Gasteiger partial charge is 0.494 e. The molecule has 0 aromatic heterocycles. The number of hydrogen-bond donors (Lipinski definition) is 1. The fourth-order valence-corrected chi connectivity index (χ4v) is 2.97. The molecule has 1 fully saturated rings. The van der Waals surface area contributed by atoms with Crippen LogP contribution in [0.2, 0.25) is 0 Å². The topological polar surface area (TPSA) is 38.5 Å². The van der Waals surface area contributed by atoms with Crippen LogP contribution in [0.5, 0.6) is 5.75 Å². The Morgan fingerprint density at radius 1 is 1.25 bits per heavy atom. The maximum absolute atomic E-state index is 5.80. The van der Waals surface area contributed by atoms with E-state index < -0.39 is 0 Å². The average Bonchev–Trinajstić information content (AvgIpc) is 2.52. The molecule has 0 atom stereocenters. The van der Waals surface area contributed by atoms with Gasteiger partial charge in [-0.05, 0) is 44.0 Å². The van der Waals surface area contributed by atoms with Gasteiger partial charge < -0.3 is 15.4 Å². The lowest BCUT2D eigenvalue weighted by atomic mass is 9.94. The second-order valence-corrected chi connectivity index (χ2v) is 5.83. The van der Waals surface area contributed by atoms with Crippen molar-refractivity contribution in [3.63, 3.8) is 0 Å². The number of nitrogens with zero attached hydrogens (tertiary/aromatic N) is 1. The molecule has 20 heavy (non-hydrogen) atoms. The molecule has 1 saturated carbocycles. The highest BCUT2D eigenvalue weighted by Gasteiger charge is 2.17. The van der Waals surface area contributed by atoms with Crippen molar-refractivity contribution < 1.29 is 4.74 Å². The standard InChI is InChI=1S/C17H28N2O/c1-19(16-8-3-2-4-9-16)11-6-12-20-17-10-5-7-15(13-17)14-18/h5,7,10,13,16H,2-4,6,8-9,11-12,14,18H2,1H3. The lowest BCUT2D eigenvalue weighted by molar-refractivity contribution is 0.177. The molecule has 2 N–H and O–H groups in total. The summed E-state index contributed by atoms with van der Waals surface area (Å²) in [6.45, 7) is 2.48. The van der Waals surface area contributed by atoms with E-state index in [1.54, 1.807) is 0 Å². The van der Waals surface area contributed by atoms with E-state index in [2.05, 4.69) is 11.9 Å². The molecule has 0 heterocycles. The highest BCUT2D eigenvalue weighted by Crippen LogP contribution is 2.21. The Morgan fingerprint density at radius 3 is 2.80 bits per heavy atom. The van der Waals surface area contributed by atoms with Crippen molar-refractivity contribution >= 4 is 0 Å². The van der Waals surface area contributed by atoms with Crippen molar-refractivity contribution in [3.8, 4) is 5.75 Å². The molecular weight excluding hydrogens is 248 g/mol. The Bertz CT molecular complexity index is 388. The molecule has 3 nitrogen and oxygen atoms in total. The molecule has 112 valence electrons. The Morgan fingerprint density at radius 2 is 2.05 bits per heavy atom. The van der Waals surface area contributed by atoms with E-state index in [9.17, 15) is 0 Å². The van der Waals surface area contributed by atoms with Gasteiger partial charge in [0.15, 0.2) is 0 Å². The second kappa shape index (κ2) is 8.28. The van der Waals surface area contributed by atoms with E-state index in [-0.39, 0.29) is 0 Å². The molecule has 2 rings (SSSR count). The number of rotatable bonds is 7. The summed E-state index contributed by atoms with van der Waals surface area (Å²) in [6, 6.07) is 8.87. The molecule has 1 aromatic rings. The summed E-state index contributed by atoms with van der Waals surface area (Å²) < 4.78 is 5.80. The highest BCUT2D eigenvalue weighted by atomic mass is 16.5. The monoisotopic (exact) mass is 276 g/mol. The quantitative estimate of drug-likeness (QED) is 0.777. The Balaban J connectivity index is 1.65.